The van der Waals surface area contributed by atoms with E-state index in [1.165, 1.54) is 0 Å². The molecular weight excluding hydrogens is 134 g/mol. The third kappa shape index (κ3) is 0.552. The van der Waals surface area contributed by atoms with Crippen LogP contribution in [0.15, 0.2) is 0 Å². The van der Waals surface area contributed by atoms with Crippen molar-refractivity contribution in [2.45, 2.75) is 24.7 Å². The fourth-order valence-corrected chi connectivity index (χ4v) is 1.72. The van der Waals surface area contributed by atoms with Crippen molar-refractivity contribution in [3.63, 3.8) is 0 Å². The molecule has 1 aliphatic carbocycles. The third-order valence-electron chi connectivity index (χ3n) is 2.35. The van der Waals surface area contributed by atoms with Gasteiger partial charge in [-0.15, -0.1) is 0 Å². The van der Waals surface area contributed by atoms with Gasteiger partial charge in [0.15, 0.2) is 0 Å². The number of hydrogen-bond acceptors (Lipinski definition) is 3. The second kappa shape index (κ2) is 1.71. The molecule has 2 fully saturated rings. The molecule has 10 heavy (non-hydrogen) atoms. The van der Waals surface area contributed by atoms with Gasteiger partial charge in [0.05, 0.1) is 18.1 Å². The predicted octanol–water partition coefficient (Wildman–Crippen LogP) is -1.77. The molecule has 2 rings (SSSR count). The first-order valence-corrected chi connectivity index (χ1v) is 3.36. The molecule has 0 spiro atoms. The van der Waals surface area contributed by atoms with Gasteiger partial charge in [-0.1, -0.05) is 0 Å². The monoisotopic (exact) mass is 143 g/mol. The number of fused-ring (bicyclic) bond motifs is 2. The molecular formula is C6H9NO3. The Hall–Kier alpha value is -0.610. The molecule has 1 aliphatic heterocycles. The zero-order chi connectivity index (χ0) is 7.30. The van der Waals surface area contributed by atoms with E-state index in [4.69, 9.17) is 10.2 Å². The first kappa shape index (κ1) is 6.12. The van der Waals surface area contributed by atoms with E-state index in [1.54, 1.807) is 0 Å². The van der Waals surface area contributed by atoms with Gasteiger partial charge in [0.2, 0.25) is 5.91 Å². The van der Waals surface area contributed by atoms with E-state index in [9.17, 15) is 4.79 Å². The average Bonchev–Trinajstić information content (AvgIpc) is 2.36. The summed E-state index contributed by atoms with van der Waals surface area (Å²) in [5.74, 6) is -0.484. The van der Waals surface area contributed by atoms with E-state index in [2.05, 4.69) is 5.32 Å². The molecule has 4 heteroatoms. The van der Waals surface area contributed by atoms with Crippen LogP contribution >= 0.6 is 0 Å². The van der Waals surface area contributed by atoms with E-state index >= 15 is 0 Å². The Bertz CT molecular complexity index is 180. The second-order valence-corrected chi connectivity index (χ2v) is 2.94. The van der Waals surface area contributed by atoms with Crippen LogP contribution < -0.4 is 5.32 Å². The first-order chi connectivity index (χ1) is 4.70. The SMILES string of the molecule is O=C1N[C@@H]2C[C@H]1[C@H](O)[C@@H]2O. The smallest absolute Gasteiger partial charge is 0.226 e. The number of amides is 1. The number of aliphatic hydroxyl groups is 2. The maximum Gasteiger partial charge on any atom is 0.226 e. The van der Waals surface area contributed by atoms with E-state index in [0.717, 1.165) is 0 Å². The average molecular weight is 143 g/mol. The number of aliphatic hydroxyl groups excluding tert-OH is 2. The second-order valence-electron chi connectivity index (χ2n) is 2.94. The molecule has 0 aromatic rings. The minimum atomic E-state index is -0.834. The molecule has 4 nitrogen and oxygen atoms in total. The molecule has 2 bridgehead atoms. The molecule has 56 valence electrons. The van der Waals surface area contributed by atoms with Crippen molar-refractivity contribution in [1.29, 1.82) is 0 Å². The minimum Gasteiger partial charge on any atom is -0.390 e. The lowest BCUT2D eigenvalue weighted by Gasteiger charge is -2.22. The normalized spacial score (nSPS) is 51.6. The standard InChI is InChI=1S/C6H9NO3/c8-4-2-1-3(5(4)9)7-6(2)10/h2-5,8-9H,1H2,(H,7,10)/t2-,3+,4-,5+/m0/s1. The lowest BCUT2D eigenvalue weighted by Crippen LogP contribution is -2.48. The van der Waals surface area contributed by atoms with E-state index in [0.29, 0.717) is 6.42 Å². The summed E-state index contributed by atoms with van der Waals surface area (Å²) in [7, 11) is 0. The highest BCUT2D eigenvalue weighted by Gasteiger charge is 2.51. The molecule has 1 saturated heterocycles. The molecule has 4 atom stereocenters. The van der Waals surface area contributed by atoms with Crippen LogP contribution in [0, 0.1) is 5.92 Å². The van der Waals surface area contributed by atoms with E-state index in [-0.39, 0.29) is 17.9 Å². The number of carbonyl (C=O) groups is 1. The predicted molar refractivity (Wildman–Crippen MR) is 32.1 cm³/mol. The summed E-state index contributed by atoms with van der Waals surface area (Å²) in [5, 5.41) is 20.9. The molecule has 1 heterocycles. The maximum atomic E-state index is 10.8. The topological polar surface area (TPSA) is 69.6 Å². The van der Waals surface area contributed by atoms with Crippen LogP contribution in [-0.4, -0.2) is 34.4 Å². The lowest BCUT2D eigenvalue weighted by atomic mass is 10.1. The molecule has 0 unspecified atom stereocenters. The van der Waals surface area contributed by atoms with Crippen LogP contribution in [0.1, 0.15) is 6.42 Å². The first-order valence-electron chi connectivity index (χ1n) is 3.36. The van der Waals surface area contributed by atoms with Crippen molar-refractivity contribution >= 4 is 5.91 Å². The van der Waals surface area contributed by atoms with Crippen LogP contribution in [0.3, 0.4) is 0 Å². The maximum absolute atomic E-state index is 10.8. The largest absolute Gasteiger partial charge is 0.390 e. The van der Waals surface area contributed by atoms with Gasteiger partial charge in [-0.3, -0.25) is 4.79 Å². The van der Waals surface area contributed by atoms with Crippen molar-refractivity contribution in [3.05, 3.63) is 0 Å². The minimum absolute atomic E-state index is 0.122. The van der Waals surface area contributed by atoms with Crippen LogP contribution in [0.2, 0.25) is 0 Å². The fraction of sp³-hybridized carbons (Fsp3) is 0.833. The zero-order valence-corrected chi connectivity index (χ0v) is 5.32. The van der Waals surface area contributed by atoms with Crippen molar-refractivity contribution in [2.75, 3.05) is 0 Å². The Balaban J connectivity index is 2.24. The van der Waals surface area contributed by atoms with Gasteiger partial charge in [0.25, 0.3) is 0 Å². The molecule has 1 amide bonds. The van der Waals surface area contributed by atoms with Crippen molar-refractivity contribution in [2.24, 2.45) is 5.92 Å². The molecule has 0 aromatic heterocycles. The van der Waals surface area contributed by atoms with Crippen LogP contribution in [0.25, 0.3) is 0 Å². The van der Waals surface area contributed by atoms with Crippen molar-refractivity contribution in [3.8, 4) is 0 Å². The summed E-state index contributed by atoms with van der Waals surface area (Å²) in [4.78, 5) is 10.8. The summed E-state index contributed by atoms with van der Waals surface area (Å²) in [5.41, 5.74) is 0. The number of rotatable bonds is 0. The number of nitrogens with one attached hydrogen (secondary N) is 1. The van der Waals surface area contributed by atoms with Gasteiger partial charge >= 0.3 is 0 Å². The van der Waals surface area contributed by atoms with Crippen LogP contribution in [0.4, 0.5) is 0 Å². The van der Waals surface area contributed by atoms with Gasteiger partial charge in [-0.25, -0.2) is 0 Å². The Morgan fingerprint density at radius 2 is 2.10 bits per heavy atom. The highest BCUT2D eigenvalue weighted by atomic mass is 16.3. The Morgan fingerprint density at radius 3 is 2.50 bits per heavy atom. The van der Waals surface area contributed by atoms with Gasteiger partial charge in [0, 0.05) is 0 Å². The van der Waals surface area contributed by atoms with Gasteiger partial charge in [-0.05, 0) is 6.42 Å². The number of hydrogen-bond donors (Lipinski definition) is 3. The van der Waals surface area contributed by atoms with Gasteiger partial charge in [-0.2, -0.15) is 0 Å². The van der Waals surface area contributed by atoms with Crippen molar-refractivity contribution in [1.82, 2.24) is 5.32 Å². The summed E-state index contributed by atoms with van der Waals surface area (Å²) in [6, 6.07) is -0.201. The third-order valence-corrected chi connectivity index (χ3v) is 2.35. The van der Waals surface area contributed by atoms with Crippen LogP contribution in [0.5, 0.6) is 0 Å². The quantitative estimate of drug-likeness (QED) is 0.375. The van der Waals surface area contributed by atoms with E-state index < -0.39 is 12.2 Å². The summed E-state index contributed by atoms with van der Waals surface area (Å²) >= 11 is 0. The van der Waals surface area contributed by atoms with Gasteiger partial charge in [0.1, 0.15) is 6.10 Å². The van der Waals surface area contributed by atoms with Gasteiger partial charge < -0.3 is 15.5 Å². The molecule has 2 aliphatic rings. The van der Waals surface area contributed by atoms with Crippen LogP contribution in [-0.2, 0) is 4.79 Å². The summed E-state index contributed by atoms with van der Waals surface area (Å²) in [6.07, 6.45) is -0.998. The Morgan fingerprint density at radius 1 is 1.40 bits per heavy atom. The van der Waals surface area contributed by atoms with Crippen molar-refractivity contribution < 1.29 is 15.0 Å². The highest BCUT2D eigenvalue weighted by Crippen LogP contribution is 2.32. The number of piperidine rings is 1. The molecule has 0 radical (unpaired) electrons. The zero-order valence-electron chi connectivity index (χ0n) is 5.32. The molecule has 0 aromatic carbocycles. The number of carbonyl (C=O) groups excluding carboxylic acids is 1. The Kier molecular flexibility index (Phi) is 1.04. The fourth-order valence-electron chi connectivity index (χ4n) is 1.72. The molecule has 3 N–H and O–H groups in total. The molecule has 1 saturated carbocycles. The summed E-state index contributed by atoms with van der Waals surface area (Å²) < 4.78 is 0. The lowest BCUT2D eigenvalue weighted by molar-refractivity contribution is -0.131. The van der Waals surface area contributed by atoms with E-state index in [1.807, 2.05) is 0 Å². The summed E-state index contributed by atoms with van der Waals surface area (Å²) in [6.45, 7) is 0. The highest BCUT2D eigenvalue weighted by molar-refractivity contribution is 5.83. The Labute approximate surface area is 57.9 Å².